The Morgan fingerprint density at radius 2 is 1.60 bits per heavy atom. The number of carbonyl (C=O) groups is 2. The highest BCUT2D eigenvalue weighted by Crippen LogP contribution is 2.52. The van der Waals surface area contributed by atoms with E-state index in [1.165, 1.54) is 0 Å². The molecule has 0 radical (unpaired) electrons. The molecule has 2 aromatic rings. The van der Waals surface area contributed by atoms with Gasteiger partial charge in [0.05, 0.1) is 0 Å². The molecule has 1 N–H and O–H groups in total. The molecule has 1 aliphatic carbocycles. The van der Waals surface area contributed by atoms with Crippen LogP contribution in [-0.4, -0.2) is 29.3 Å². The predicted octanol–water partition coefficient (Wildman–Crippen LogP) is 4.88. The summed E-state index contributed by atoms with van der Waals surface area (Å²) in [5.41, 5.74) is 2.14. The average molecular weight is 403 g/mol. The standard InChI is InChI=1S/C26H30N2O2/c1-25(2)15-21-16-26(3,17-25)18-28(21)24(30)22(14-19-10-6-4-7-11-19)27-23(29)20-12-8-5-9-13-20/h4-14,21H,15-18H2,1-3H3,(H,27,29)/b22-14-. The van der Waals surface area contributed by atoms with Crippen molar-refractivity contribution in [3.63, 3.8) is 0 Å². The van der Waals surface area contributed by atoms with E-state index in [2.05, 4.69) is 26.1 Å². The van der Waals surface area contributed by atoms with Crippen LogP contribution >= 0.6 is 0 Å². The molecule has 1 aliphatic heterocycles. The Morgan fingerprint density at radius 1 is 0.967 bits per heavy atom. The number of rotatable bonds is 4. The molecule has 2 atom stereocenters. The first-order valence-corrected chi connectivity index (χ1v) is 10.7. The fourth-order valence-electron chi connectivity index (χ4n) is 5.50. The molecule has 1 saturated carbocycles. The molecule has 156 valence electrons. The van der Waals surface area contributed by atoms with Crippen molar-refractivity contribution in [3.05, 3.63) is 77.5 Å². The van der Waals surface area contributed by atoms with E-state index in [1.807, 2.05) is 53.4 Å². The van der Waals surface area contributed by atoms with Gasteiger partial charge in [0, 0.05) is 18.2 Å². The van der Waals surface area contributed by atoms with Crippen LogP contribution in [0.2, 0.25) is 0 Å². The van der Waals surface area contributed by atoms with E-state index in [0.29, 0.717) is 11.3 Å². The zero-order valence-electron chi connectivity index (χ0n) is 18.0. The van der Waals surface area contributed by atoms with E-state index in [9.17, 15) is 9.59 Å². The van der Waals surface area contributed by atoms with Crippen LogP contribution in [0.25, 0.3) is 6.08 Å². The van der Waals surface area contributed by atoms with Crippen LogP contribution in [0.3, 0.4) is 0 Å². The molecule has 4 heteroatoms. The summed E-state index contributed by atoms with van der Waals surface area (Å²) >= 11 is 0. The lowest BCUT2D eigenvalue weighted by atomic mass is 9.65. The summed E-state index contributed by atoms with van der Waals surface area (Å²) in [7, 11) is 0. The number of benzene rings is 2. The van der Waals surface area contributed by atoms with Crippen molar-refractivity contribution in [2.24, 2.45) is 10.8 Å². The normalized spacial score (nSPS) is 25.1. The van der Waals surface area contributed by atoms with Crippen LogP contribution in [0, 0.1) is 10.8 Å². The Hall–Kier alpha value is -2.88. The maximum absolute atomic E-state index is 13.7. The summed E-state index contributed by atoms with van der Waals surface area (Å²) in [5, 5.41) is 2.90. The van der Waals surface area contributed by atoms with Crippen molar-refractivity contribution in [2.75, 3.05) is 6.54 Å². The second-order valence-corrected chi connectivity index (χ2v) is 9.94. The van der Waals surface area contributed by atoms with Gasteiger partial charge in [-0.1, -0.05) is 69.3 Å². The lowest BCUT2D eigenvalue weighted by molar-refractivity contribution is -0.128. The second-order valence-electron chi connectivity index (χ2n) is 9.94. The molecule has 2 aliphatic rings. The molecule has 0 aromatic heterocycles. The molecule has 4 nitrogen and oxygen atoms in total. The third-order valence-electron chi connectivity index (χ3n) is 6.30. The zero-order valence-corrected chi connectivity index (χ0v) is 18.0. The van der Waals surface area contributed by atoms with Gasteiger partial charge in [-0.3, -0.25) is 9.59 Å². The van der Waals surface area contributed by atoms with Crippen molar-refractivity contribution in [2.45, 2.75) is 46.1 Å². The largest absolute Gasteiger partial charge is 0.334 e. The lowest BCUT2D eigenvalue weighted by Crippen LogP contribution is -2.42. The molecular weight excluding hydrogens is 372 g/mol. The van der Waals surface area contributed by atoms with Crippen molar-refractivity contribution < 1.29 is 9.59 Å². The first kappa shape index (κ1) is 20.4. The van der Waals surface area contributed by atoms with Gasteiger partial charge in [-0.2, -0.15) is 0 Å². The molecule has 0 spiro atoms. The highest BCUT2D eigenvalue weighted by atomic mass is 16.2. The summed E-state index contributed by atoms with van der Waals surface area (Å²) in [6.07, 6.45) is 4.94. The SMILES string of the molecule is CC1(C)CC2CC(C)(CN2C(=O)/C(=C/c2ccccc2)NC(=O)c2ccccc2)C1. The van der Waals surface area contributed by atoms with Crippen LogP contribution in [0.5, 0.6) is 0 Å². The maximum Gasteiger partial charge on any atom is 0.270 e. The summed E-state index contributed by atoms with van der Waals surface area (Å²) in [4.78, 5) is 28.5. The number of hydrogen-bond acceptors (Lipinski definition) is 2. The van der Waals surface area contributed by atoms with Gasteiger partial charge in [-0.15, -0.1) is 0 Å². The van der Waals surface area contributed by atoms with Gasteiger partial charge in [0.25, 0.3) is 11.8 Å². The van der Waals surface area contributed by atoms with E-state index in [0.717, 1.165) is 31.4 Å². The van der Waals surface area contributed by atoms with Gasteiger partial charge in [0.15, 0.2) is 0 Å². The number of nitrogens with zero attached hydrogens (tertiary/aromatic N) is 1. The molecule has 2 unspecified atom stereocenters. The predicted molar refractivity (Wildman–Crippen MR) is 120 cm³/mol. The highest BCUT2D eigenvalue weighted by molar-refractivity contribution is 6.05. The molecule has 2 aromatic carbocycles. The number of carbonyl (C=O) groups excluding carboxylic acids is 2. The third kappa shape index (κ3) is 4.33. The van der Waals surface area contributed by atoms with Crippen molar-refractivity contribution >= 4 is 17.9 Å². The maximum atomic E-state index is 13.7. The van der Waals surface area contributed by atoms with Crippen molar-refractivity contribution in [3.8, 4) is 0 Å². The monoisotopic (exact) mass is 402 g/mol. The van der Waals surface area contributed by atoms with E-state index in [-0.39, 0.29) is 28.7 Å². The van der Waals surface area contributed by atoms with E-state index >= 15 is 0 Å². The Kier molecular flexibility index (Phi) is 5.27. The van der Waals surface area contributed by atoms with Crippen LogP contribution in [-0.2, 0) is 4.79 Å². The van der Waals surface area contributed by atoms with E-state index in [4.69, 9.17) is 0 Å². The summed E-state index contributed by atoms with van der Waals surface area (Å²) in [6.45, 7) is 7.62. The van der Waals surface area contributed by atoms with Crippen LogP contribution in [0.4, 0.5) is 0 Å². The lowest BCUT2D eigenvalue weighted by Gasteiger charge is -2.39. The first-order chi connectivity index (χ1) is 14.2. The highest BCUT2D eigenvalue weighted by Gasteiger charge is 2.51. The van der Waals surface area contributed by atoms with Gasteiger partial charge in [-0.25, -0.2) is 0 Å². The number of nitrogens with one attached hydrogen (secondary N) is 1. The molecule has 1 heterocycles. The van der Waals surface area contributed by atoms with Crippen molar-refractivity contribution in [1.29, 1.82) is 0 Å². The van der Waals surface area contributed by atoms with Gasteiger partial charge < -0.3 is 10.2 Å². The molecule has 2 bridgehead atoms. The van der Waals surface area contributed by atoms with Gasteiger partial charge in [0.1, 0.15) is 5.70 Å². The minimum atomic E-state index is -0.264. The third-order valence-corrected chi connectivity index (χ3v) is 6.30. The Labute approximate surface area is 179 Å². The van der Waals surface area contributed by atoms with Gasteiger partial charge in [-0.05, 0) is 53.9 Å². The topological polar surface area (TPSA) is 49.4 Å². The van der Waals surface area contributed by atoms with Crippen LogP contribution in [0.1, 0.15) is 56.0 Å². The van der Waals surface area contributed by atoms with Crippen LogP contribution in [0.15, 0.2) is 66.4 Å². The molecule has 2 fully saturated rings. The first-order valence-electron chi connectivity index (χ1n) is 10.7. The van der Waals surface area contributed by atoms with Gasteiger partial charge in [0.2, 0.25) is 0 Å². The second kappa shape index (κ2) is 7.75. The molecular formula is C26H30N2O2. The Balaban J connectivity index is 1.63. The average Bonchev–Trinajstić information content (AvgIpc) is 2.97. The zero-order chi connectivity index (χ0) is 21.4. The number of amides is 2. The molecule has 1 saturated heterocycles. The number of fused-ring (bicyclic) bond motifs is 2. The minimum Gasteiger partial charge on any atom is -0.334 e. The summed E-state index contributed by atoms with van der Waals surface area (Å²) in [6, 6.07) is 18.9. The Bertz CT molecular complexity index is 965. The summed E-state index contributed by atoms with van der Waals surface area (Å²) in [5.74, 6) is -0.352. The number of hydrogen-bond donors (Lipinski definition) is 1. The Morgan fingerprint density at radius 3 is 2.27 bits per heavy atom. The number of likely N-dealkylation sites (tertiary alicyclic amines) is 1. The fourth-order valence-corrected chi connectivity index (χ4v) is 5.50. The van der Waals surface area contributed by atoms with Gasteiger partial charge >= 0.3 is 0 Å². The fraction of sp³-hybridized carbons (Fsp3) is 0.385. The quantitative estimate of drug-likeness (QED) is 0.741. The minimum absolute atomic E-state index is 0.0884. The molecule has 30 heavy (non-hydrogen) atoms. The summed E-state index contributed by atoms with van der Waals surface area (Å²) < 4.78 is 0. The van der Waals surface area contributed by atoms with E-state index < -0.39 is 0 Å². The van der Waals surface area contributed by atoms with Crippen molar-refractivity contribution in [1.82, 2.24) is 10.2 Å². The molecule has 2 amide bonds. The smallest absolute Gasteiger partial charge is 0.270 e. The van der Waals surface area contributed by atoms with Crippen LogP contribution < -0.4 is 5.32 Å². The van der Waals surface area contributed by atoms with E-state index in [1.54, 1.807) is 18.2 Å². The molecule has 4 rings (SSSR count).